The fourth-order valence-electron chi connectivity index (χ4n) is 3.18. The molecule has 1 heterocycles. The van der Waals surface area contributed by atoms with E-state index in [0.717, 1.165) is 18.9 Å². The fraction of sp³-hybridized carbons (Fsp3) is 0.824. The van der Waals surface area contributed by atoms with Gasteiger partial charge in [-0.15, -0.1) is 11.3 Å². The van der Waals surface area contributed by atoms with Crippen LogP contribution in [0.1, 0.15) is 70.5 Å². The number of hydrogen-bond acceptors (Lipinski definition) is 3. The van der Waals surface area contributed by atoms with Crippen LogP contribution in [0.15, 0.2) is 5.38 Å². The highest BCUT2D eigenvalue weighted by Crippen LogP contribution is 2.30. The molecular weight excluding hydrogens is 264 g/mol. The number of aromatic nitrogens is 1. The van der Waals surface area contributed by atoms with Crippen LogP contribution in [-0.2, 0) is 11.8 Å². The highest BCUT2D eigenvalue weighted by Gasteiger charge is 2.24. The monoisotopic (exact) mass is 294 g/mol. The molecule has 1 aliphatic carbocycles. The van der Waals surface area contributed by atoms with Gasteiger partial charge in [-0.2, -0.15) is 0 Å². The molecule has 0 bridgehead atoms. The number of hydrogen-bond donors (Lipinski definition) is 1. The molecule has 0 radical (unpaired) electrons. The summed E-state index contributed by atoms with van der Waals surface area (Å²) in [7, 11) is 0. The minimum Gasteiger partial charge on any atom is -0.314 e. The van der Waals surface area contributed by atoms with Crippen molar-refractivity contribution in [1.29, 1.82) is 0 Å². The molecule has 0 spiro atoms. The van der Waals surface area contributed by atoms with Gasteiger partial charge in [0.25, 0.3) is 0 Å². The molecule has 1 aromatic rings. The average Bonchev–Trinajstić information content (AvgIpc) is 3.04. The van der Waals surface area contributed by atoms with E-state index < -0.39 is 0 Å². The van der Waals surface area contributed by atoms with E-state index in [1.165, 1.54) is 42.8 Å². The topological polar surface area (TPSA) is 24.9 Å². The van der Waals surface area contributed by atoms with E-state index in [2.05, 4.69) is 38.4 Å². The Labute approximate surface area is 128 Å². The molecule has 1 atom stereocenters. The lowest BCUT2D eigenvalue weighted by Gasteiger charge is -2.24. The standard InChI is InChI=1S/C17H30N2S/c1-5-18-14(13-8-6-7-9-13)10-11-16-19-15(12-20-16)17(2,3)4/h12-14,18H,5-11H2,1-4H3. The van der Waals surface area contributed by atoms with E-state index in [9.17, 15) is 0 Å². The summed E-state index contributed by atoms with van der Waals surface area (Å²) in [5.74, 6) is 0.900. The van der Waals surface area contributed by atoms with Crippen molar-refractivity contribution in [3.8, 4) is 0 Å². The van der Waals surface area contributed by atoms with Crippen molar-refractivity contribution in [3.05, 3.63) is 16.1 Å². The molecule has 1 aromatic heterocycles. The Morgan fingerprint density at radius 1 is 1.35 bits per heavy atom. The Kier molecular flexibility index (Phi) is 5.62. The number of nitrogens with one attached hydrogen (secondary N) is 1. The van der Waals surface area contributed by atoms with Gasteiger partial charge < -0.3 is 5.32 Å². The molecule has 1 saturated carbocycles. The third-order valence-electron chi connectivity index (χ3n) is 4.42. The van der Waals surface area contributed by atoms with Gasteiger partial charge in [0, 0.05) is 23.3 Å². The highest BCUT2D eigenvalue weighted by molar-refractivity contribution is 7.09. The van der Waals surface area contributed by atoms with Crippen molar-refractivity contribution in [2.75, 3.05) is 6.54 Å². The predicted octanol–water partition coefficient (Wildman–Crippen LogP) is 4.54. The van der Waals surface area contributed by atoms with Gasteiger partial charge in [0.15, 0.2) is 0 Å². The summed E-state index contributed by atoms with van der Waals surface area (Å²) < 4.78 is 0. The molecule has 3 heteroatoms. The zero-order chi connectivity index (χ0) is 14.6. The molecule has 0 aliphatic heterocycles. The largest absolute Gasteiger partial charge is 0.314 e. The molecule has 1 aliphatic rings. The molecule has 1 unspecified atom stereocenters. The molecule has 1 N–H and O–H groups in total. The summed E-state index contributed by atoms with van der Waals surface area (Å²) in [6.07, 6.45) is 8.08. The van der Waals surface area contributed by atoms with E-state index in [0.29, 0.717) is 6.04 Å². The lowest BCUT2D eigenvalue weighted by Crippen LogP contribution is -2.35. The van der Waals surface area contributed by atoms with Gasteiger partial charge in [-0.1, -0.05) is 40.5 Å². The zero-order valence-electron chi connectivity index (χ0n) is 13.5. The van der Waals surface area contributed by atoms with Gasteiger partial charge in [-0.05, 0) is 31.7 Å². The Hall–Kier alpha value is -0.410. The van der Waals surface area contributed by atoms with Crippen molar-refractivity contribution in [1.82, 2.24) is 10.3 Å². The second kappa shape index (κ2) is 7.04. The van der Waals surface area contributed by atoms with Crippen LogP contribution in [0.3, 0.4) is 0 Å². The minimum atomic E-state index is 0.182. The summed E-state index contributed by atoms with van der Waals surface area (Å²) in [6.45, 7) is 10.0. The molecule has 0 saturated heterocycles. The Morgan fingerprint density at radius 3 is 2.60 bits per heavy atom. The number of rotatable bonds is 6. The van der Waals surface area contributed by atoms with Gasteiger partial charge in [-0.25, -0.2) is 4.98 Å². The van der Waals surface area contributed by atoms with Crippen LogP contribution in [0.5, 0.6) is 0 Å². The van der Waals surface area contributed by atoms with Gasteiger partial charge in [0.05, 0.1) is 10.7 Å². The van der Waals surface area contributed by atoms with E-state index in [1.54, 1.807) is 0 Å². The fourth-order valence-corrected chi connectivity index (χ4v) is 4.22. The SMILES string of the molecule is CCNC(CCc1nc(C(C)(C)C)cs1)C1CCCC1. The number of thiazole rings is 1. The van der Waals surface area contributed by atoms with E-state index in [-0.39, 0.29) is 5.41 Å². The normalized spacial score (nSPS) is 18.6. The van der Waals surface area contributed by atoms with Crippen LogP contribution in [0.4, 0.5) is 0 Å². The summed E-state index contributed by atoms with van der Waals surface area (Å²) >= 11 is 1.84. The summed E-state index contributed by atoms with van der Waals surface area (Å²) in [6, 6.07) is 0.699. The van der Waals surface area contributed by atoms with E-state index in [4.69, 9.17) is 4.98 Å². The van der Waals surface area contributed by atoms with Crippen LogP contribution >= 0.6 is 11.3 Å². The summed E-state index contributed by atoms with van der Waals surface area (Å²) in [4.78, 5) is 4.83. The average molecular weight is 295 g/mol. The van der Waals surface area contributed by atoms with Crippen LogP contribution < -0.4 is 5.32 Å². The summed E-state index contributed by atoms with van der Waals surface area (Å²) in [5, 5.41) is 7.27. The lowest BCUT2D eigenvalue weighted by atomic mass is 9.93. The first-order chi connectivity index (χ1) is 9.50. The highest BCUT2D eigenvalue weighted by atomic mass is 32.1. The second-order valence-corrected chi connectivity index (χ2v) is 8.07. The Balaban J connectivity index is 1.90. The van der Waals surface area contributed by atoms with Crippen molar-refractivity contribution in [2.24, 2.45) is 5.92 Å². The number of aryl methyl sites for hydroxylation is 1. The molecular formula is C17H30N2S. The van der Waals surface area contributed by atoms with Crippen molar-refractivity contribution >= 4 is 11.3 Å². The van der Waals surface area contributed by atoms with Crippen LogP contribution in [0.25, 0.3) is 0 Å². The maximum absolute atomic E-state index is 4.83. The van der Waals surface area contributed by atoms with Gasteiger partial charge >= 0.3 is 0 Å². The molecule has 1 fully saturated rings. The third-order valence-corrected chi connectivity index (χ3v) is 5.33. The first kappa shape index (κ1) is 16.0. The smallest absolute Gasteiger partial charge is 0.0929 e. The van der Waals surface area contributed by atoms with Crippen LogP contribution in [0.2, 0.25) is 0 Å². The zero-order valence-corrected chi connectivity index (χ0v) is 14.4. The van der Waals surface area contributed by atoms with Crippen molar-refractivity contribution < 1.29 is 0 Å². The van der Waals surface area contributed by atoms with Gasteiger partial charge in [-0.3, -0.25) is 0 Å². The van der Waals surface area contributed by atoms with E-state index >= 15 is 0 Å². The maximum Gasteiger partial charge on any atom is 0.0929 e. The molecule has 20 heavy (non-hydrogen) atoms. The lowest BCUT2D eigenvalue weighted by molar-refractivity contribution is 0.346. The second-order valence-electron chi connectivity index (χ2n) is 7.12. The number of nitrogens with zero attached hydrogens (tertiary/aromatic N) is 1. The summed E-state index contributed by atoms with van der Waals surface area (Å²) in [5.41, 5.74) is 1.43. The molecule has 0 amide bonds. The Bertz CT molecular complexity index is 399. The molecule has 0 aromatic carbocycles. The molecule has 114 valence electrons. The van der Waals surface area contributed by atoms with Crippen molar-refractivity contribution in [3.63, 3.8) is 0 Å². The minimum absolute atomic E-state index is 0.182. The van der Waals surface area contributed by atoms with Crippen LogP contribution in [0, 0.1) is 5.92 Å². The maximum atomic E-state index is 4.83. The molecule has 2 rings (SSSR count). The van der Waals surface area contributed by atoms with Gasteiger partial charge in [0.1, 0.15) is 0 Å². The molecule has 2 nitrogen and oxygen atoms in total. The Morgan fingerprint density at radius 2 is 2.05 bits per heavy atom. The first-order valence-corrected chi connectivity index (χ1v) is 9.07. The quantitative estimate of drug-likeness (QED) is 0.833. The predicted molar refractivity (Wildman–Crippen MR) is 88.6 cm³/mol. The van der Waals surface area contributed by atoms with Gasteiger partial charge in [0.2, 0.25) is 0 Å². The van der Waals surface area contributed by atoms with Crippen LogP contribution in [-0.4, -0.2) is 17.6 Å². The van der Waals surface area contributed by atoms with E-state index in [1.807, 2.05) is 11.3 Å². The van der Waals surface area contributed by atoms with Crippen molar-refractivity contribution in [2.45, 2.75) is 77.7 Å². The third kappa shape index (κ3) is 4.29. The first-order valence-electron chi connectivity index (χ1n) is 8.19.